The Labute approximate surface area is 79.3 Å². The van der Waals surface area contributed by atoms with Crippen LogP contribution in [-0.4, -0.2) is 16.6 Å². The fourth-order valence-corrected chi connectivity index (χ4v) is 3.09. The summed E-state index contributed by atoms with van der Waals surface area (Å²) in [6.45, 7) is 6.06. The highest BCUT2D eigenvalue weighted by Gasteiger charge is 2.24. The first kappa shape index (κ1) is 12.5. The third-order valence-corrected chi connectivity index (χ3v) is 2.68. The first-order valence-corrected chi connectivity index (χ1v) is 6.43. The van der Waals surface area contributed by atoms with E-state index in [4.69, 9.17) is 20.9 Å². The van der Waals surface area contributed by atoms with E-state index < -0.39 is 12.3 Å². The van der Waals surface area contributed by atoms with Crippen molar-refractivity contribution in [3.8, 4) is 0 Å². The van der Waals surface area contributed by atoms with E-state index in [9.17, 15) is 4.89 Å². The van der Waals surface area contributed by atoms with Crippen molar-refractivity contribution in [1.29, 1.82) is 0 Å². The monoisotopic (exact) mass is 212 g/mol. The van der Waals surface area contributed by atoms with E-state index in [1.807, 2.05) is 34.6 Å². The van der Waals surface area contributed by atoms with Gasteiger partial charge in [-0.05, 0) is 46.4 Å². The molecule has 0 bridgehead atoms. The van der Waals surface area contributed by atoms with Crippen LogP contribution >= 0.6 is 6.72 Å². The molecule has 0 aliphatic carbocycles. The van der Waals surface area contributed by atoms with Crippen molar-refractivity contribution in [1.82, 2.24) is 0 Å². The fraction of sp³-hybridized carbons (Fsp3) is 1.00. The maximum absolute atomic E-state index is 9.50. The van der Waals surface area contributed by atoms with Crippen molar-refractivity contribution in [3.63, 3.8) is 0 Å². The molecule has 0 amide bonds. The van der Waals surface area contributed by atoms with Crippen LogP contribution in [0.15, 0.2) is 0 Å². The molecule has 0 saturated carbocycles. The second-order valence-electron chi connectivity index (χ2n) is 3.83. The van der Waals surface area contributed by atoms with Gasteiger partial charge in [0.1, 0.15) is 0 Å². The zero-order chi connectivity index (χ0) is 9.99. The van der Waals surface area contributed by atoms with Crippen molar-refractivity contribution in [2.24, 2.45) is 0 Å². The molecule has 5 heteroatoms. The number of rotatable bonds is 3. The lowest BCUT2D eigenvalue weighted by molar-refractivity contribution is 0.0778. The topological polar surface area (TPSA) is 38.7 Å². The van der Waals surface area contributed by atoms with Crippen LogP contribution in [-0.2, 0) is 20.9 Å². The quantitative estimate of drug-likeness (QED) is 0.729. The summed E-state index contributed by atoms with van der Waals surface area (Å²) in [5, 5.41) is 0. The molecule has 0 fully saturated rings. The Hall–Kier alpha value is 0.530. The Morgan fingerprint density at radius 1 is 1.33 bits per heavy atom. The maximum atomic E-state index is 9.50. The van der Waals surface area contributed by atoms with Gasteiger partial charge in [-0.15, -0.1) is 0 Å². The van der Waals surface area contributed by atoms with E-state index in [0.717, 1.165) is 0 Å². The van der Waals surface area contributed by atoms with Crippen molar-refractivity contribution >= 4 is 18.5 Å². The number of hydrogen-bond donors (Lipinski definition) is 1. The summed E-state index contributed by atoms with van der Waals surface area (Å²) in [6.07, 6.45) is -0.108. The zero-order valence-corrected chi connectivity index (χ0v) is 9.91. The van der Waals surface area contributed by atoms with Gasteiger partial charge in [0.25, 0.3) is 0 Å². The Morgan fingerprint density at radius 2 is 1.75 bits per heavy atom. The number of hydrogen-bond acceptors (Lipinski definition) is 3. The highest BCUT2D eigenvalue weighted by molar-refractivity contribution is 8.07. The molecule has 0 aromatic heterocycles. The summed E-state index contributed by atoms with van der Waals surface area (Å²) in [6, 6.07) is 0. The normalized spacial score (nSPS) is 17.9. The van der Waals surface area contributed by atoms with Gasteiger partial charge in [-0.3, -0.25) is 0 Å². The second-order valence-corrected chi connectivity index (χ2v) is 6.54. The molecule has 0 rings (SSSR count). The van der Waals surface area contributed by atoms with E-state index in [2.05, 4.69) is 0 Å². The van der Waals surface area contributed by atoms with Crippen LogP contribution in [0.25, 0.3) is 0 Å². The average molecular weight is 212 g/mol. The van der Waals surface area contributed by atoms with Crippen LogP contribution in [0.3, 0.4) is 0 Å². The molecule has 0 aromatic carbocycles. The summed E-state index contributed by atoms with van der Waals surface area (Å²) in [7, 11) is 0. The van der Waals surface area contributed by atoms with Crippen molar-refractivity contribution in [2.75, 3.05) is 0 Å². The molecule has 0 aliphatic heterocycles. The highest BCUT2D eigenvalue weighted by atomic mass is 32.5. The van der Waals surface area contributed by atoms with E-state index in [0.29, 0.717) is 0 Å². The SMILES string of the molecule is CC(C)OP(O)(=S)OC(C)(C)C. The molecule has 1 unspecified atom stereocenters. The van der Waals surface area contributed by atoms with Crippen LogP contribution in [0.2, 0.25) is 0 Å². The maximum Gasteiger partial charge on any atom is 0.325 e. The lowest BCUT2D eigenvalue weighted by Crippen LogP contribution is -2.18. The molecule has 0 saturated heterocycles. The van der Waals surface area contributed by atoms with Crippen LogP contribution in [0.1, 0.15) is 34.6 Å². The molecule has 74 valence electrons. The zero-order valence-electron chi connectivity index (χ0n) is 8.20. The molecule has 0 spiro atoms. The van der Waals surface area contributed by atoms with Gasteiger partial charge in [-0.2, -0.15) is 0 Å². The van der Waals surface area contributed by atoms with Crippen LogP contribution < -0.4 is 0 Å². The summed E-state index contributed by atoms with van der Waals surface area (Å²) >= 11 is 4.79. The minimum absolute atomic E-state index is 0.108. The highest BCUT2D eigenvalue weighted by Crippen LogP contribution is 2.48. The summed E-state index contributed by atoms with van der Waals surface area (Å²) in [5.41, 5.74) is -0.459. The average Bonchev–Trinajstić information content (AvgIpc) is 1.48. The fourth-order valence-electron chi connectivity index (χ4n) is 0.634. The van der Waals surface area contributed by atoms with E-state index in [1.54, 1.807) is 0 Å². The van der Waals surface area contributed by atoms with Gasteiger partial charge in [-0.1, -0.05) is 0 Å². The minimum atomic E-state index is -3.04. The van der Waals surface area contributed by atoms with E-state index >= 15 is 0 Å². The third kappa shape index (κ3) is 7.19. The van der Waals surface area contributed by atoms with Gasteiger partial charge < -0.3 is 13.9 Å². The molecule has 12 heavy (non-hydrogen) atoms. The summed E-state index contributed by atoms with van der Waals surface area (Å²) < 4.78 is 10.3. The smallest absolute Gasteiger partial charge is 0.324 e. The molecule has 0 aromatic rings. The lowest BCUT2D eigenvalue weighted by Gasteiger charge is -2.26. The first-order chi connectivity index (χ1) is 5.12. The van der Waals surface area contributed by atoms with Gasteiger partial charge >= 0.3 is 6.72 Å². The molecular formula is C7H17O3PS. The van der Waals surface area contributed by atoms with E-state index in [1.165, 1.54) is 0 Å². The Balaban J connectivity index is 4.15. The van der Waals surface area contributed by atoms with Crippen molar-refractivity contribution in [2.45, 2.75) is 46.3 Å². The van der Waals surface area contributed by atoms with E-state index in [-0.39, 0.29) is 6.10 Å². The van der Waals surface area contributed by atoms with Crippen LogP contribution in [0.5, 0.6) is 0 Å². The predicted octanol–water partition coefficient (Wildman–Crippen LogP) is 2.44. The van der Waals surface area contributed by atoms with Gasteiger partial charge in [0.2, 0.25) is 0 Å². The molecule has 3 nitrogen and oxygen atoms in total. The first-order valence-electron chi connectivity index (χ1n) is 3.84. The molecule has 0 radical (unpaired) electrons. The van der Waals surface area contributed by atoms with Gasteiger partial charge in [0.05, 0.1) is 11.7 Å². The molecular weight excluding hydrogens is 195 g/mol. The molecule has 0 aliphatic rings. The van der Waals surface area contributed by atoms with Gasteiger partial charge in [-0.25, -0.2) is 0 Å². The minimum Gasteiger partial charge on any atom is -0.324 e. The summed E-state index contributed by atoms with van der Waals surface area (Å²) in [5.74, 6) is 0. The van der Waals surface area contributed by atoms with Gasteiger partial charge in [0, 0.05) is 0 Å². The Bertz CT molecular complexity index is 186. The third-order valence-electron chi connectivity index (χ3n) is 0.733. The Kier molecular flexibility index (Phi) is 4.34. The molecule has 1 atom stereocenters. The molecule has 1 N–H and O–H groups in total. The summed E-state index contributed by atoms with van der Waals surface area (Å²) in [4.78, 5) is 9.50. The lowest BCUT2D eigenvalue weighted by atomic mass is 10.2. The van der Waals surface area contributed by atoms with Gasteiger partial charge in [0.15, 0.2) is 0 Å². The predicted molar refractivity (Wildman–Crippen MR) is 53.6 cm³/mol. The second kappa shape index (κ2) is 4.16. The molecule has 0 heterocycles. The standard InChI is InChI=1S/C7H17O3PS/c1-6(2)9-11(8,12)10-7(3,4)5/h6H,1-5H3,(H,8,12). The van der Waals surface area contributed by atoms with Crippen LogP contribution in [0, 0.1) is 0 Å². The van der Waals surface area contributed by atoms with Crippen LogP contribution in [0.4, 0.5) is 0 Å². The van der Waals surface area contributed by atoms with Crippen molar-refractivity contribution in [3.05, 3.63) is 0 Å². The van der Waals surface area contributed by atoms with Crippen molar-refractivity contribution < 1.29 is 13.9 Å². The largest absolute Gasteiger partial charge is 0.325 e. The Morgan fingerprint density at radius 3 is 2.00 bits per heavy atom.